The number of hydrogen-bond acceptors (Lipinski definition) is 14. The Bertz CT molecular complexity index is 1900. The molecule has 5 amide bonds. The van der Waals surface area contributed by atoms with Crippen LogP contribution in [0, 0.1) is 11.8 Å². The number of rotatable bonds is 28. The molecule has 388 valence electrons. The first-order valence-corrected chi connectivity index (χ1v) is 23.8. The van der Waals surface area contributed by atoms with Gasteiger partial charge in [0, 0.05) is 77.8 Å². The van der Waals surface area contributed by atoms with Gasteiger partial charge in [0.2, 0.25) is 17.7 Å². The van der Waals surface area contributed by atoms with Gasteiger partial charge in [-0.2, -0.15) is 0 Å². The summed E-state index contributed by atoms with van der Waals surface area (Å²) in [5, 5.41) is 50.4. The lowest BCUT2D eigenvalue weighted by atomic mass is 9.81. The molecule has 70 heavy (non-hydrogen) atoms. The van der Waals surface area contributed by atoms with E-state index in [9.17, 15) is 63.3 Å². The van der Waals surface area contributed by atoms with Gasteiger partial charge in [0.25, 0.3) is 0 Å². The second-order valence-corrected chi connectivity index (χ2v) is 17.7. The van der Waals surface area contributed by atoms with Gasteiger partial charge in [-0.15, -0.1) is 0 Å². The number of carboxylic acids is 4. The molecule has 9 N–H and O–H groups in total. The molecule has 1 saturated carbocycles. The number of aliphatic carboxylic acids is 4. The molecule has 1 aromatic rings. The molecule has 2 aliphatic rings. The summed E-state index contributed by atoms with van der Waals surface area (Å²) < 4.78 is 0. The number of benzene rings is 1. The van der Waals surface area contributed by atoms with Gasteiger partial charge < -0.3 is 56.6 Å². The Labute approximate surface area is 407 Å². The highest BCUT2D eigenvalue weighted by atomic mass is 16.4. The standard InChI is InChI=1S/C47H71N9O14/c57-28-27-53-19-21-54(23-24-56(32-43(64)65)26-25-55(22-20-53)31-42(62)63)30-40(59)49-29-35-12-14-36(15-13-35)44(66)51-38(11-6-9-34-7-2-1-3-8-34)45(67)48-18-5-4-10-37(33-58)50-47(70)52-39(46(68)69)16-17-41(60)61/h1-3,6-9,28,33,35-39H,4-5,10-27,29-32H2,(H,48,67)(H,49,59)(H,51,66)(H,60,61)(H,62,63)(H,64,65)(H,68,69)(H2,50,52,70)/b9-6+/t35?,36?,37-,38+,39?/m0/s1. The highest BCUT2D eigenvalue weighted by Crippen LogP contribution is 2.29. The molecule has 3 rings (SSSR count). The third-order valence-corrected chi connectivity index (χ3v) is 12.2. The number of carboxylic acid groups (broad SMARTS) is 4. The highest BCUT2D eigenvalue weighted by molar-refractivity contribution is 5.89. The third kappa shape index (κ3) is 24.3. The fourth-order valence-electron chi connectivity index (χ4n) is 8.19. The molecule has 23 nitrogen and oxygen atoms in total. The minimum Gasteiger partial charge on any atom is -0.481 e. The molecule has 1 aliphatic carbocycles. The number of carbonyl (C=O) groups is 10. The van der Waals surface area contributed by atoms with Crippen molar-refractivity contribution in [1.29, 1.82) is 0 Å². The number of unbranched alkanes of at least 4 members (excludes halogenated alkanes) is 1. The van der Waals surface area contributed by atoms with E-state index in [1.165, 1.54) is 0 Å². The minimum atomic E-state index is -1.46. The van der Waals surface area contributed by atoms with Crippen LogP contribution in [0.15, 0.2) is 36.4 Å². The predicted octanol–water partition coefficient (Wildman–Crippen LogP) is -0.442. The van der Waals surface area contributed by atoms with E-state index in [-0.39, 0.29) is 75.6 Å². The molecule has 3 atom stereocenters. The van der Waals surface area contributed by atoms with Crippen LogP contribution in [0.1, 0.15) is 69.8 Å². The number of aldehydes is 2. The lowest BCUT2D eigenvalue weighted by Gasteiger charge is -2.33. The van der Waals surface area contributed by atoms with E-state index >= 15 is 0 Å². The van der Waals surface area contributed by atoms with Crippen LogP contribution in [0.25, 0.3) is 6.08 Å². The van der Waals surface area contributed by atoms with Crippen LogP contribution in [0.2, 0.25) is 0 Å². The summed E-state index contributed by atoms with van der Waals surface area (Å²) in [6.45, 7) is 3.32. The van der Waals surface area contributed by atoms with Crippen LogP contribution < -0.4 is 26.6 Å². The van der Waals surface area contributed by atoms with Crippen molar-refractivity contribution in [2.45, 2.75) is 82.3 Å². The first kappa shape index (κ1) is 58.0. The van der Waals surface area contributed by atoms with Crippen LogP contribution in [-0.2, 0) is 43.2 Å². The lowest BCUT2D eigenvalue weighted by Crippen LogP contribution is -2.50. The topological polar surface area (TPSA) is 325 Å². The van der Waals surface area contributed by atoms with Crippen molar-refractivity contribution in [2.75, 3.05) is 91.6 Å². The lowest BCUT2D eigenvalue weighted by molar-refractivity contribution is -0.141. The molecule has 0 radical (unpaired) electrons. The van der Waals surface area contributed by atoms with Crippen molar-refractivity contribution in [2.24, 2.45) is 11.8 Å². The first-order chi connectivity index (χ1) is 33.5. The van der Waals surface area contributed by atoms with Crippen LogP contribution in [-0.4, -0.2) is 210 Å². The Balaban J connectivity index is 1.50. The molecule has 23 heteroatoms. The van der Waals surface area contributed by atoms with Crippen molar-refractivity contribution in [3.05, 3.63) is 42.0 Å². The largest absolute Gasteiger partial charge is 0.481 e. The normalized spacial score (nSPS) is 19.2. The predicted molar refractivity (Wildman–Crippen MR) is 254 cm³/mol. The van der Waals surface area contributed by atoms with Gasteiger partial charge in [0.05, 0.1) is 32.2 Å². The maximum Gasteiger partial charge on any atom is 0.326 e. The number of urea groups is 1. The second kappa shape index (κ2) is 32.5. The number of hydrogen-bond donors (Lipinski definition) is 9. The zero-order valence-corrected chi connectivity index (χ0v) is 39.7. The summed E-state index contributed by atoms with van der Waals surface area (Å²) in [6.07, 6.45) is 7.75. The fraction of sp³-hybridized carbons (Fsp3) is 0.617. The number of nitrogens with one attached hydrogen (secondary N) is 5. The van der Waals surface area contributed by atoms with Gasteiger partial charge in [-0.3, -0.25) is 48.4 Å². The SMILES string of the molecule is O=CCN1CCN(CC(=O)O)CCN(CC(=O)O)CCN(CC(=O)NCC2CCC(C(=O)N[C@H](C/C=C/c3ccccc3)C(=O)NCCCC[C@@H](C=O)NC(=O)NC(CCC(=O)O)C(=O)O)CC2)CC1. The van der Waals surface area contributed by atoms with Crippen LogP contribution in [0.5, 0.6) is 0 Å². The third-order valence-electron chi connectivity index (χ3n) is 12.2. The Morgan fingerprint density at radius 1 is 0.643 bits per heavy atom. The summed E-state index contributed by atoms with van der Waals surface area (Å²) in [7, 11) is 0. The summed E-state index contributed by atoms with van der Waals surface area (Å²) in [6, 6.07) is 5.21. The molecule has 0 aromatic heterocycles. The summed E-state index contributed by atoms with van der Waals surface area (Å²) in [5.74, 6) is -5.77. The summed E-state index contributed by atoms with van der Waals surface area (Å²) in [4.78, 5) is 128. The van der Waals surface area contributed by atoms with Gasteiger partial charge in [-0.1, -0.05) is 42.5 Å². The van der Waals surface area contributed by atoms with E-state index in [0.717, 1.165) is 11.8 Å². The molecule has 1 aliphatic heterocycles. The Morgan fingerprint density at radius 3 is 1.77 bits per heavy atom. The first-order valence-electron chi connectivity index (χ1n) is 23.8. The van der Waals surface area contributed by atoms with Crippen molar-refractivity contribution in [3.63, 3.8) is 0 Å². The maximum absolute atomic E-state index is 13.6. The van der Waals surface area contributed by atoms with Crippen molar-refractivity contribution in [1.82, 2.24) is 46.2 Å². The second-order valence-electron chi connectivity index (χ2n) is 17.7. The monoisotopic (exact) mass is 986 g/mol. The molecular formula is C47H71N9O14. The Kier molecular flexibility index (Phi) is 26.9. The van der Waals surface area contributed by atoms with Crippen LogP contribution >= 0.6 is 0 Å². The van der Waals surface area contributed by atoms with Gasteiger partial charge in [-0.25, -0.2) is 9.59 Å². The molecule has 1 aromatic carbocycles. The molecule has 1 unspecified atom stereocenters. The smallest absolute Gasteiger partial charge is 0.326 e. The van der Waals surface area contributed by atoms with E-state index < -0.39 is 60.4 Å². The highest BCUT2D eigenvalue weighted by Gasteiger charge is 2.30. The summed E-state index contributed by atoms with van der Waals surface area (Å²) in [5.41, 5.74) is 0.916. The minimum absolute atomic E-state index is 0.0471. The van der Waals surface area contributed by atoms with Crippen molar-refractivity contribution >= 4 is 66.3 Å². The quantitative estimate of drug-likeness (QED) is 0.0380. The van der Waals surface area contributed by atoms with Crippen molar-refractivity contribution in [3.8, 4) is 0 Å². The van der Waals surface area contributed by atoms with E-state index in [0.29, 0.717) is 104 Å². The van der Waals surface area contributed by atoms with E-state index in [2.05, 4.69) is 26.6 Å². The number of carbonyl (C=O) groups excluding carboxylic acids is 6. The van der Waals surface area contributed by atoms with Gasteiger partial charge in [0.15, 0.2) is 0 Å². The molecule has 1 heterocycles. The average molecular weight is 986 g/mol. The van der Waals surface area contributed by atoms with Gasteiger partial charge in [-0.05, 0) is 69.3 Å². The zero-order valence-electron chi connectivity index (χ0n) is 39.7. The molecular weight excluding hydrogens is 915 g/mol. The van der Waals surface area contributed by atoms with Crippen molar-refractivity contribution < 1.29 is 68.4 Å². The molecule has 1 saturated heterocycles. The summed E-state index contributed by atoms with van der Waals surface area (Å²) >= 11 is 0. The average Bonchev–Trinajstić information content (AvgIpc) is 3.32. The molecule has 0 spiro atoms. The Morgan fingerprint density at radius 2 is 1.23 bits per heavy atom. The zero-order chi connectivity index (χ0) is 51.3. The van der Waals surface area contributed by atoms with E-state index in [1.807, 2.05) is 52.3 Å². The van der Waals surface area contributed by atoms with Gasteiger partial charge >= 0.3 is 29.9 Å². The maximum atomic E-state index is 13.6. The number of nitrogens with zero attached hydrogens (tertiary/aromatic N) is 4. The molecule has 2 fully saturated rings. The van der Waals surface area contributed by atoms with E-state index in [4.69, 9.17) is 5.11 Å². The van der Waals surface area contributed by atoms with E-state index in [1.54, 1.807) is 9.80 Å². The Hall–Kier alpha value is -6.30. The number of amides is 5. The van der Waals surface area contributed by atoms with Gasteiger partial charge in [0.1, 0.15) is 24.7 Å². The fourth-order valence-corrected chi connectivity index (χ4v) is 8.19. The van der Waals surface area contributed by atoms with Crippen LogP contribution in [0.3, 0.4) is 0 Å². The molecule has 0 bridgehead atoms. The van der Waals surface area contributed by atoms with Crippen LogP contribution in [0.4, 0.5) is 4.79 Å².